The molecule has 0 radical (unpaired) electrons. The molecule has 2 aromatic heterocycles. The van der Waals surface area contributed by atoms with E-state index in [1.165, 1.54) is 35.6 Å². The minimum Gasteiger partial charge on any atom is -0.334 e. The lowest BCUT2D eigenvalue weighted by Crippen LogP contribution is -2.05. The van der Waals surface area contributed by atoms with Crippen molar-refractivity contribution in [1.82, 2.24) is 15.0 Å². The average molecular weight is 359 g/mol. The van der Waals surface area contributed by atoms with Crippen LogP contribution in [0.25, 0.3) is 0 Å². The van der Waals surface area contributed by atoms with Gasteiger partial charge in [-0.1, -0.05) is 6.07 Å². The zero-order chi connectivity index (χ0) is 17.8. The van der Waals surface area contributed by atoms with E-state index in [1.807, 2.05) is 0 Å². The van der Waals surface area contributed by atoms with Gasteiger partial charge >= 0.3 is 5.69 Å². The SMILES string of the molecule is O=[N+]([O-])c1cccc(Nc2ncnc(Nc3nccs3)c2[N+](=O)[O-])c1. The summed E-state index contributed by atoms with van der Waals surface area (Å²) in [6, 6.07) is 5.56. The molecule has 2 heterocycles. The molecule has 0 amide bonds. The van der Waals surface area contributed by atoms with E-state index in [0.29, 0.717) is 5.13 Å². The van der Waals surface area contributed by atoms with Gasteiger partial charge < -0.3 is 10.6 Å². The Kier molecular flexibility index (Phi) is 4.43. The number of nitro groups is 2. The number of anilines is 4. The van der Waals surface area contributed by atoms with Crippen LogP contribution in [-0.4, -0.2) is 24.8 Å². The Hall–Kier alpha value is -3.67. The Morgan fingerprint density at radius 1 is 1.00 bits per heavy atom. The molecule has 0 fully saturated rings. The Bertz CT molecular complexity index is 932. The van der Waals surface area contributed by atoms with Crippen molar-refractivity contribution in [3.05, 3.63) is 62.4 Å². The summed E-state index contributed by atoms with van der Waals surface area (Å²) in [5, 5.41) is 29.9. The van der Waals surface area contributed by atoms with Crippen LogP contribution in [0, 0.1) is 20.2 Å². The summed E-state index contributed by atoms with van der Waals surface area (Å²) in [5.41, 5.74) is -0.261. The molecule has 0 aliphatic heterocycles. The van der Waals surface area contributed by atoms with Crippen molar-refractivity contribution >= 4 is 45.2 Å². The minimum atomic E-state index is -0.643. The van der Waals surface area contributed by atoms with Crippen LogP contribution in [-0.2, 0) is 0 Å². The van der Waals surface area contributed by atoms with Crippen LogP contribution in [0.3, 0.4) is 0 Å². The summed E-state index contributed by atoms with van der Waals surface area (Å²) in [6.07, 6.45) is 2.69. The first-order valence-electron chi connectivity index (χ1n) is 6.72. The molecular weight excluding hydrogens is 350 g/mol. The Balaban J connectivity index is 1.97. The maximum atomic E-state index is 11.5. The highest BCUT2D eigenvalue weighted by atomic mass is 32.1. The normalized spacial score (nSPS) is 10.2. The quantitative estimate of drug-likeness (QED) is 0.499. The molecule has 0 unspecified atom stereocenters. The van der Waals surface area contributed by atoms with Crippen molar-refractivity contribution in [2.24, 2.45) is 0 Å². The fraction of sp³-hybridized carbons (Fsp3) is 0. The predicted molar refractivity (Wildman–Crippen MR) is 90.5 cm³/mol. The van der Waals surface area contributed by atoms with Gasteiger partial charge in [-0.05, 0) is 6.07 Å². The van der Waals surface area contributed by atoms with E-state index >= 15 is 0 Å². The molecule has 0 saturated carbocycles. The van der Waals surface area contributed by atoms with Gasteiger partial charge in [-0.2, -0.15) is 0 Å². The Morgan fingerprint density at radius 3 is 2.40 bits per heavy atom. The van der Waals surface area contributed by atoms with E-state index < -0.39 is 15.5 Å². The van der Waals surface area contributed by atoms with Crippen molar-refractivity contribution in [2.45, 2.75) is 0 Å². The van der Waals surface area contributed by atoms with Crippen LogP contribution in [0.15, 0.2) is 42.2 Å². The first kappa shape index (κ1) is 16.2. The molecule has 11 nitrogen and oxygen atoms in total. The maximum Gasteiger partial charge on any atom is 0.353 e. The van der Waals surface area contributed by atoms with Crippen LogP contribution in [0.2, 0.25) is 0 Å². The Labute approximate surface area is 143 Å². The summed E-state index contributed by atoms with van der Waals surface area (Å²) >= 11 is 1.25. The van der Waals surface area contributed by atoms with Crippen molar-refractivity contribution in [1.29, 1.82) is 0 Å². The largest absolute Gasteiger partial charge is 0.353 e. The maximum absolute atomic E-state index is 11.5. The van der Waals surface area contributed by atoms with E-state index in [0.717, 1.165) is 6.33 Å². The molecule has 1 aromatic carbocycles. The predicted octanol–water partition coefficient (Wildman–Crippen LogP) is 3.24. The van der Waals surface area contributed by atoms with E-state index in [-0.39, 0.29) is 23.0 Å². The molecular formula is C13H9N7O4S. The second kappa shape index (κ2) is 6.84. The molecule has 12 heteroatoms. The van der Waals surface area contributed by atoms with Gasteiger partial charge in [0.1, 0.15) is 6.33 Å². The summed E-state index contributed by atoms with van der Waals surface area (Å²) in [7, 11) is 0. The highest BCUT2D eigenvalue weighted by Crippen LogP contribution is 2.33. The van der Waals surface area contributed by atoms with Crippen LogP contribution in [0.5, 0.6) is 0 Å². The van der Waals surface area contributed by atoms with E-state index in [4.69, 9.17) is 0 Å². The third-order valence-electron chi connectivity index (χ3n) is 2.98. The fourth-order valence-electron chi connectivity index (χ4n) is 1.96. The molecule has 0 bridgehead atoms. The summed E-state index contributed by atoms with van der Waals surface area (Å²) in [4.78, 5) is 32.8. The number of hydrogen-bond donors (Lipinski definition) is 2. The molecule has 0 aliphatic rings. The molecule has 2 N–H and O–H groups in total. The van der Waals surface area contributed by atoms with Gasteiger partial charge in [0, 0.05) is 29.4 Å². The lowest BCUT2D eigenvalue weighted by molar-refractivity contribution is -0.384. The molecule has 0 spiro atoms. The first-order valence-corrected chi connectivity index (χ1v) is 7.60. The lowest BCUT2D eigenvalue weighted by Gasteiger charge is -2.08. The summed E-state index contributed by atoms with van der Waals surface area (Å²) in [5.74, 6) is -0.137. The topological polar surface area (TPSA) is 149 Å². The molecule has 0 saturated heterocycles. The van der Waals surface area contributed by atoms with E-state index in [9.17, 15) is 20.2 Å². The van der Waals surface area contributed by atoms with E-state index in [1.54, 1.807) is 11.6 Å². The highest BCUT2D eigenvalue weighted by molar-refractivity contribution is 7.13. The standard InChI is InChI=1S/C13H9N7O4S/c21-19(22)9-3-1-2-8(6-9)17-11-10(20(23)24)12(16-7-15-11)18-13-14-4-5-25-13/h1-7H,(H2,14,15,16,17,18). The van der Waals surface area contributed by atoms with Gasteiger partial charge in [0.2, 0.25) is 11.6 Å². The van der Waals surface area contributed by atoms with Gasteiger partial charge in [-0.25, -0.2) is 15.0 Å². The van der Waals surface area contributed by atoms with Crippen molar-refractivity contribution in [3.8, 4) is 0 Å². The van der Waals surface area contributed by atoms with Crippen molar-refractivity contribution in [3.63, 3.8) is 0 Å². The number of rotatable bonds is 6. The lowest BCUT2D eigenvalue weighted by atomic mass is 10.3. The first-order chi connectivity index (χ1) is 12.0. The zero-order valence-electron chi connectivity index (χ0n) is 12.3. The Morgan fingerprint density at radius 2 is 1.76 bits per heavy atom. The molecule has 3 rings (SSSR count). The number of nitro benzene ring substituents is 1. The van der Waals surface area contributed by atoms with Crippen LogP contribution in [0.1, 0.15) is 0 Å². The molecule has 3 aromatic rings. The number of non-ortho nitro benzene ring substituents is 1. The molecule has 25 heavy (non-hydrogen) atoms. The van der Waals surface area contributed by atoms with Crippen molar-refractivity contribution in [2.75, 3.05) is 10.6 Å². The number of hydrogen-bond acceptors (Lipinski definition) is 10. The minimum absolute atomic E-state index is 0.0390. The van der Waals surface area contributed by atoms with Gasteiger partial charge in [0.15, 0.2) is 5.13 Å². The van der Waals surface area contributed by atoms with Gasteiger partial charge in [0.25, 0.3) is 5.69 Å². The van der Waals surface area contributed by atoms with Crippen LogP contribution < -0.4 is 10.6 Å². The number of benzene rings is 1. The second-order valence-electron chi connectivity index (χ2n) is 4.57. The molecule has 0 aliphatic carbocycles. The molecule has 126 valence electrons. The zero-order valence-corrected chi connectivity index (χ0v) is 13.1. The third-order valence-corrected chi connectivity index (χ3v) is 3.67. The van der Waals surface area contributed by atoms with Gasteiger partial charge in [0.05, 0.1) is 9.85 Å². The van der Waals surface area contributed by atoms with Gasteiger partial charge in [-0.3, -0.25) is 20.2 Å². The second-order valence-corrected chi connectivity index (χ2v) is 5.47. The number of aromatic nitrogens is 3. The average Bonchev–Trinajstić information content (AvgIpc) is 3.08. The third kappa shape index (κ3) is 3.64. The summed E-state index contributed by atoms with van der Waals surface area (Å²) in [6.45, 7) is 0. The highest BCUT2D eigenvalue weighted by Gasteiger charge is 2.24. The molecule has 0 atom stereocenters. The van der Waals surface area contributed by atoms with E-state index in [2.05, 4.69) is 25.6 Å². The van der Waals surface area contributed by atoms with Crippen molar-refractivity contribution < 1.29 is 9.85 Å². The van der Waals surface area contributed by atoms with Crippen LogP contribution >= 0.6 is 11.3 Å². The smallest absolute Gasteiger partial charge is 0.334 e. The summed E-state index contributed by atoms with van der Waals surface area (Å²) < 4.78 is 0. The fourth-order valence-corrected chi connectivity index (χ4v) is 2.48. The number of nitrogens with zero attached hydrogens (tertiary/aromatic N) is 5. The number of nitrogens with one attached hydrogen (secondary N) is 2. The van der Waals surface area contributed by atoms with Gasteiger partial charge in [-0.15, -0.1) is 11.3 Å². The number of thiazole rings is 1. The monoisotopic (exact) mass is 359 g/mol. The van der Waals surface area contributed by atoms with Crippen LogP contribution in [0.4, 0.5) is 33.8 Å².